The van der Waals surface area contributed by atoms with Crippen molar-refractivity contribution in [2.24, 2.45) is 5.41 Å². The first kappa shape index (κ1) is 32.2. The molecule has 1 N–H and O–H groups in total. The Kier molecular flexibility index (Phi) is 9.86. The molecule has 0 bridgehead atoms. The van der Waals surface area contributed by atoms with Crippen LogP contribution in [-0.2, 0) is 19.6 Å². The monoisotopic (exact) mass is 622 g/mol. The van der Waals surface area contributed by atoms with Crippen LogP contribution in [-0.4, -0.2) is 66.2 Å². The molecule has 3 rings (SSSR count). The molecule has 1 aliphatic rings. The van der Waals surface area contributed by atoms with Gasteiger partial charge in [0.15, 0.2) is 0 Å². The number of likely N-dealkylation sites (tertiary alicyclic amines) is 1. The molecule has 0 aromatic heterocycles. The van der Waals surface area contributed by atoms with Crippen LogP contribution < -0.4 is 0 Å². The predicted octanol–water partition coefficient (Wildman–Crippen LogP) is 6.13. The molecule has 13 heteroatoms. The highest BCUT2D eigenvalue weighted by Crippen LogP contribution is 2.52. The molecule has 0 aliphatic carbocycles. The Labute approximate surface area is 241 Å². The number of sulfonamides is 1. The molecule has 0 spiro atoms. The molecule has 40 heavy (non-hydrogen) atoms. The Bertz CT molecular complexity index is 1340. The maximum atomic E-state index is 14.2. The molecule has 1 aliphatic heterocycles. The number of piperidine rings is 1. The summed E-state index contributed by atoms with van der Waals surface area (Å²) < 4.78 is 65.4. The van der Waals surface area contributed by atoms with Crippen LogP contribution in [0.5, 0.6) is 0 Å². The molecule has 1 fully saturated rings. The van der Waals surface area contributed by atoms with Crippen LogP contribution in [0, 0.1) is 5.41 Å². The van der Waals surface area contributed by atoms with E-state index in [1.165, 1.54) is 11.8 Å². The fourth-order valence-corrected chi connectivity index (χ4v) is 6.60. The predicted molar refractivity (Wildman–Crippen MR) is 147 cm³/mol. The Balaban J connectivity index is 2.25. The Morgan fingerprint density at radius 3 is 2.27 bits per heavy atom. The number of amides is 1. The summed E-state index contributed by atoms with van der Waals surface area (Å²) in [6.07, 6.45) is -4.45. The van der Waals surface area contributed by atoms with Gasteiger partial charge in [0.05, 0.1) is 24.1 Å². The van der Waals surface area contributed by atoms with Gasteiger partial charge in [-0.3, -0.25) is 9.59 Å². The van der Waals surface area contributed by atoms with Crippen molar-refractivity contribution in [3.63, 3.8) is 0 Å². The van der Waals surface area contributed by atoms with Gasteiger partial charge >= 0.3 is 12.1 Å². The molecule has 2 aromatic carbocycles. The first-order valence-electron chi connectivity index (χ1n) is 12.5. The number of hydrogen-bond acceptors (Lipinski definition) is 4. The van der Waals surface area contributed by atoms with E-state index in [9.17, 15) is 36.3 Å². The van der Waals surface area contributed by atoms with Crippen molar-refractivity contribution in [2.75, 3.05) is 19.3 Å². The molecule has 1 heterocycles. The largest absolute Gasteiger partial charge is 0.481 e. The number of aliphatic carboxylic acids is 1. The van der Waals surface area contributed by atoms with Crippen LogP contribution >= 0.6 is 23.2 Å². The van der Waals surface area contributed by atoms with Crippen molar-refractivity contribution in [3.8, 4) is 0 Å². The standard InChI is InChI=1S/C27H31Cl2F3N2O5S/c1-4-21(15-33(40(3,38)39)16-27(30,31)32)34-24(17-8-10-19(28)11-9-17)22(18-6-5-7-20(29)12-18)13-26(2,25(34)37)14-23(35)36/h5-12,21-22,24H,4,13-16H2,1-3H3,(H,35,36)/t21?,22-,24?,26-/m1/s1. The molecular formula is C27H31Cl2F3N2O5S. The first-order chi connectivity index (χ1) is 18.4. The normalized spacial score (nSPS) is 22.9. The third-order valence-electron chi connectivity index (χ3n) is 7.24. The van der Waals surface area contributed by atoms with Gasteiger partial charge < -0.3 is 10.0 Å². The number of rotatable bonds is 10. The smallest absolute Gasteiger partial charge is 0.402 e. The maximum Gasteiger partial charge on any atom is 0.402 e. The van der Waals surface area contributed by atoms with Crippen LogP contribution in [0.25, 0.3) is 0 Å². The van der Waals surface area contributed by atoms with E-state index in [1.807, 2.05) is 0 Å². The second kappa shape index (κ2) is 12.3. The minimum absolute atomic E-state index is 0.102. The summed E-state index contributed by atoms with van der Waals surface area (Å²) in [5, 5.41) is 10.5. The average Bonchev–Trinajstić information content (AvgIpc) is 2.82. The fraction of sp³-hybridized carbons (Fsp3) is 0.481. The summed E-state index contributed by atoms with van der Waals surface area (Å²) in [7, 11) is -4.32. The molecule has 0 saturated carbocycles. The van der Waals surface area contributed by atoms with Crippen molar-refractivity contribution in [2.45, 2.75) is 57.3 Å². The number of hydrogen-bond donors (Lipinski definition) is 1. The zero-order valence-corrected chi connectivity index (χ0v) is 24.5. The van der Waals surface area contributed by atoms with Gasteiger partial charge in [-0.1, -0.05) is 61.3 Å². The van der Waals surface area contributed by atoms with E-state index >= 15 is 0 Å². The zero-order chi connectivity index (χ0) is 30.0. The van der Waals surface area contributed by atoms with Crippen molar-refractivity contribution in [1.82, 2.24) is 9.21 Å². The van der Waals surface area contributed by atoms with Gasteiger partial charge in [0, 0.05) is 28.5 Å². The molecular weight excluding hydrogens is 592 g/mol. The van der Waals surface area contributed by atoms with Gasteiger partial charge in [0.2, 0.25) is 15.9 Å². The SMILES string of the molecule is CCC(CN(CC(F)(F)F)S(C)(=O)=O)N1C(=O)[C@@](C)(CC(=O)O)C[C@H](c2cccc(Cl)c2)C1c1ccc(Cl)cc1. The lowest BCUT2D eigenvalue weighted by Crippen LogP contribution is -2.59. The second-order valence-corrected chi connectivity index (χ2v) is 13.3. The molecule has 220 valence electrons. The van der Waals surface area contributed by atoms with Crippen LogP contribution in [0.2, 0.25) is 10.0 Å². The highest BCUT2D eigenvalue weighted by Gasteiger charge is 2.53. The van der Waals surface area contributed by atoms with Crippen molar-refractivity contribution in [3.05, 3.63) is 69.7 Å². The second-order valence-electron chi connectivity index (χ2n) is 10.4. The van der Waals surface area contributed by atoms with Gasteiger partial charge in [-0.2, -0.15) is 17.5 Å². The minimum Gasteiger partial charge on any atom is -0.481 e. The third kappa shape index (κ3) is 7.69. The lowest BCUT2D eigenvalue weighted by atomic mass is 9.67. The number of carboxylic acids is 1. The van der Waals surface area contributed by atoms with E-state index < -0.39 is 71.0 Å². The average molecular weight is 624 g/mol. The van der Waals surface area contributed by atoms with Gasteiger partial charge in [-0.15, -0.1) is 0 Å². The molecule has 2 aromatic rings. The van der Waals surface area contributed by atoms with E-state index in [4.69, 9.17) is 23.2 Å². The number of carbonyl (C=O) groups is 2. The van der Waals surface area contributed by atoms with E-state index in [0.29, 0.717) is 31.7 Å². The van der Waals surface area contributed by atoms with Crippen molar-refractivity contribution < 1.29 is 36.3 Å². The van der Waals surface area contributed by atoms with Crippen molar-refractivity contribution >= 4 is 45.1 Å². The van der Waals surface area contributed by atoms with Crippen molar-refractivity contribution in [1.29, 1.82) is 0 Å². The van der Waals surface area contributed by atoms with Gasteiger partial charge in [-0.25, -0.2) is 8.42 Å². The van der Waals surface area contributed by atoms with E-state index in [-0.39, 0.29) is 12.8 Å². The Morgan fingerprint density at radius 1 is 1.15 bits per heavy atom. The summed E-state index contributed by atoms with van der Waals surface area (Å²) in [5.74, 6) is -2.32. The highest BCUT2D eigenvalue weighted by atomic mass is 35.5. The highest BCUT2D eigenvalue weighted by molar-refractivity contribution is 7.88. The fourth-order valence-electron chi connectivity index (χ4n) is 5.45. The lowest BCUT2D eigenvalue weighted by molar-refractivity contribution is -0.162. The number of benzene rings is 2. The molecule has 0 radical (unpaired) electrons. The van der Waals surface area contributed by atoms with E-state index in [1.54, 1.807) is 55.5 Å². The zero-order valence-electron chi connectivity index (χ0n) is 22.2. The van der Waals surface area contributed by atoms with E-state index in [0.717, 1.165) is 0 Å². The number of alkyl halides is 3. The molecule has 2 unspecified atom stereocenters. The summed E-state index contributed by atoms with van der Waals surface area (Å²) in [6, 6.07) is 11.7. The quantitative estimate of drug-likeness (QED) is 0.344. The topological polar surface area (TPSA) is 95.0 Å². The Hall–Kier alpha value is -2.34. The summed E-state index contributed by atoms with van der Waals surface area (Å²) in [5.41, 5.74) is -0.123. The number of halogens is 5. The number of nitrogens with zero attached hydrogens (tertiary/aromatic N) is 2. The third-order valence-corrected chi connectivity index (χ3v) is 8.94. The van der Waals surface area contributed by atoms with Crippen LogP contribution in [0.1, 0.15) is 56.2 Å². The van der Waals surface area contributed by atoms with Crippen LogP contribution in [0.15, 0.2) is 48.5 Å². The first-order valence-corrected chi connectivity index (χ1v) is 15.1. The van der Waals surface area contributed by atoms with Crippen LogP contribution in [0.3, 0.4) is 0 Å². The molecule has 1 saturated heterocycles. The molecule has 4 atom stereocenters. The Morgan fingerprint density at radius 2 is 1.77 bits per heavy atom. The minimum atomic E-state index is -4.82. The summed E-state index contributed by atoms with van der Waals surface area (Å²) in [6.45, 7) is 0.807. The molecule has 1 amide bonds. The van der Waals surface area contributed by atoms with Gasteiger partial charge in [0.25, 0.3) is 0 Å². The van der Waals surface area contributed by atoms with Gasteiger partial charge in [0.1, 0.15) is 6.54 Å². The van der Waals surface area contributed by atoms with Gasteiger partial charge in [-0.05, 0) is 48.2 Å². The van der Waals surface area contributed by atoms with Crippen LogP contribution in [0.4, 0.5) is 13.2 Å². The summed E-state index contributed by atoms with van der Waals surface area (Å²) >= 11 is 12.4. The number of carboxylic acid groups (broad SMARTS) is 1. The summed E-state index contributed by atoms with van der Waals surface area (Å²) in [4.78, 5) is 27.5. The maximum absolute atomic E-state index is 14.2. The number of carbonyl (C=O) groups excluding carboxylic acids is 1. The molecule has 7 nitrogen and oxygen atoms in total. The lowest BCUT2D eigenvalue weighted by Gasteiger charge is -2.52. The van der Waals surface area contributed by atoms with E-state index in [2.05, 4.69) is 0 Å².